The Balaban J connectivity index is 2.10. The van der Waals surface area contributed by atoms with Gasteiger partial charge in [0.25, 0.3) is 0 Å². The van der Waals surface area contributed by atoms with Gasteiger partial charge in [0.1, 0.15) is 17.6 Å². The van der Waals surface area contributed by atoms with Crippen molar-refractivity contribution in [3.63, 3.8) is 0 Å². The van der Waals surface area contributed by atoms with Crippen molar-refractivity contribution in [1.82, 2.24) is 15.5 Å². The number of carbonyl (C=O) groups excluding carboxylic acids is 1. The lowest BCUT2D eigenvalue weighted by Gasteiger charge is -2.35. The monoisotopic (exact) mass is 281 g/mol. The first-order valence-corrected chi connectivity index (χ1v) is 6.81. The van der Waals surface area contributed by atoms with E-state index in [1.54, 1.807) is 0 Å². The van der Waals surface area contributed by atoms with E-state index in [-0.39, 0.29) is 17.7 Å². The third kappa shape index (κ3) is 3.68. The maximum atomic E-state index is 13.3. The van der Waals surface area contributed by atoms with Crippen LogP contribution in [0.5, 0.6) is 5.75 Å². The standard InChI is InChI=1S/C14H20FN3O2/c1-2-17-14(20)13-8-16-3-4-18(13)9-10-5-11(15)7-12(19)6-10/h5-7,13,16,19H,2-4,8-9H2,1H3,(H,17,20). The van der Waals surface area contributed by atoms with Crippen LogP contribution in [0.1, 0.15) is 12.5 Å². The second kappa shape index (κ2) is 6.67. The molecule has 0 radical (unpaired) electrons. The lowest BCUT2D eigenvalue weighted by atomic mass is 10.1. The molecule has 1 fully saturated rings. The number of phenols is 1. The van der Waals surface area contributed by atoms with Gasteiger partial charge in [-0.25, -0.2) is 4.39 Å². The number of hydrogen-bond donors (Lipinski definition) is 3. The Bertz CT molecular complexity index is 461. The molecule has 1 unspecified atom stereocenters. The fourth-order valence-corrected chi connectivity index (χ4v) is 2.45. The van der Waals surface area contributed by atoms with Crippen LogP contribution >= 0.6 is 0 Å². The van der Waals surface area contributed by atoms with E-state index in [1.165, 1.54) is 12.1 Å². The van der Waals surface area contributed by atoms with Gasteiger partial charge in [-0.1, -0.05) is 0 Å². The number of halogens is 1. The summed E-state index contributed by atoms with van der Waals surface area (Å²) in [5, 5.41) is 15.4. The van der Waals surface area contributed by atoms with Crippen LogP contribution < -0.4 is 10.6 Å². The number of piperazine rings is 1. The minimum Gasteiger partial charge on any atom is -0.508 e. The number of likely N-dealkylation sites (N-methyl/N-ethyl adjacent to an activating group) is 1. The number of nitrogens with zero attached hydrogens (tertiary/aromatic N) is 1. The first kappa shape index (κ1) is 14.7. The number of amides is 1. The maximum absolute atomic E-state index is 13.3. The van der Waals surface area contributed by atoms with Crippen molar-refractivity contribution < 1.29 is 14.3 Å². The van der Waals surface area contributed by atoms with Crippen LogP contribution in [-0.2, 0) is 11.3 Å². The van der Waals surface area contributed by atoms with E-state index in [0.29, 0.717) is 31.7 Å². The fraction of sp³-hybridized carbons (Fsp3) is 0.500. The van der Waals surface area contributed by atoms with Gasteiger partial charge < -0.3 is 15.7 Å². The largest absolute Gasteiger partial charge is 0.508 e. The minimum absolute atomic E-state index is 0.0275. The first-order valence-electron chi connectivity index (χ1n) is 6.81. The van der Waals surface area contributed by atoms with Crippen LogP contribution in [0.2, 0.25) is 0 Å². The quantitative estimate of drug-likeness (QED) is 0.749. The summed E-state index contributed by atoms with van der Waals surface area (Å²) >= 11 is 0. The van der Waals surface area contributed by atoms with E-state index in [2.05, 4.69) is 10.6 Å². The molecule has 1 atom stereocenters. The Morgan fingerprint density at radius 1 is 1.55 bits per heavy atom. The molecule has 6 heteroatoms. The summed E-state index contributed by atoms with van der Waals surface area (Å²) < 4.78 is 13.3. The second-order valence-corrected chi connectivity index (χ2v) is 4.90. The summed E-state index contributed by atoms with van der Waals surface area (Å²) in [5.74, 6) is -0.588. The molecule has 1 amide bonds. The third-order valence-corrected chi connectivity index (χ3v) is 3.34. The fourth-order valence-electron chi connectivity index (χ4n) is 2.45. The molecule has 1 aromatic rings. The zero-order chi connectivity index (χ0) is 14.5. The Morgan fingerprint density at radius 2 is 2.35 bits per heavy atom. The van der Waals surface area contributed by atoms with Crippen LogP contribution in [0, 0.1) is 5.82 Å². The van der Waals surface area contributed by atoms with Gasteiger partial charge in [0.05, 0.1) is 0 Å². The van der Waals surface area contributed by atoms with Crippen molar-refractivity contribution in [2.75, 3.05) is 26.2 Å². The van der Waals surface area contributed by atoms with Gasteiger partial charge in [0.15, 0.2) is 0 Å². The van der Waals surface area contributed by atoms with Crippen LogP contribution in [0.15, 0.2) is 18.2 Å². The molecule has 0 aromatic heterocycles. The number of rotatable bonds is 4. The highest BCUT2D eigenvalue weighted by Gasteiger charge is 2.28. The number of aromatic hydroxyl groups is 1. The minimum atomic E-state index is -0.468. The molecule has 0 aliphatic carbocycles. The molecule has 0 saturated carbocycles. The first-order chi connectivity index (χ1) is 9.60. The Kier molecular flexibility index (Phi) is 4.92. The summed E-state index contributed by atoms with van der Waals surface area (Å²) in [5.41, 5.74) is 0.665. The molecule has 0 spiro atoms. The van der Waals surface area contributed by atoms with Crippen LogP contribution in [-0.4, -0.2) is 48.1 Å². The van der Waals surface area contributed by atoms with Crippen molar-refractivity contribution in [1.29, 1.82) is 0 Å². The SMILES string of the molecule is CCNC(=O)C1CNCCN1Cc1cc(O)cc(F)c1. The van der Waals surface area contributed by atoms with E-state index in [1.807, 2.05) is 11.8 Å². The van der Waals surface area contributed by atoms with Gasteiger partial charge >= 0.3 is 0 Å². The van der Waals surface area contributed by atoms with E-state index >= 15 is 0 Å². The molecule has 1 heterocycles. The zero-order valence-electron chi connectivity index (χ0n) is 11.5. The van der Waals surface area contributed by atoms with Crippen LogP contribution in [0.3, 0.4) is 0 Å². The highest BCUT2D eigenvalue weighted by atomic mass is 19.1. The van der Waals surface area contributed by atoms with Crippen molar-refractivity contribution >= 4 is 5.91 Å². The van der Waals surface area contributed by atoms with Gasteiger partial charge in [-0.2, -0.15) is 0 Å². The molecular formula is C14H20FN3O2. The normalized spacial score (nSPS) is 19.8. The molecule has 1 aliphatic rings. The molecule has 1 saturated heterocycles. The Hall–Kier alpha value is -1.66. The number of phenolic OH excluding ortho intramolecular Hbond substituents is 1. The summed E-state index contributed by atoms with van der Waals surface area (Å²) in [7, 11) is 0. The Labute approximate surface area is 117 Å². The third-order valence-electron chi connectivity index (χ3n) is 3.34. The molecule has 0 bridgehead atoms. The van der Waals surface area contributed by atoms with Crippen LogP contribution in [0.25, 0.3) is 0 Å². The zero-order valence-corrected chi connectivity index (χ0v) is 11.5. The smallest absolute Gasteiger partial charge is 0.238 e. The van der Waals surface area contributed by atoms with Crippen molar-refractivity contribution in [3.8, 4) is 5.75 Å². The molecule has 110 valence electrons. The average molecular weight is 281 g/mol. The molecule has 1 aromatic carbocycles. The van der Waals surface area contributed by atoms with E-state index in [0.717, 1.165) is 12.6 Å². The molecule has 5 nitrogen and oxygen atoms in total. The van der Waals surface area contributed by atoms with Crippen molar-refractivity contribution in [3.05, 3.63) is 29.6 Å². The van der Waals surface area contributed by atoms with E-state index in [4.69, 9.17) is 0 Å². The summed E-state index contributed by atoms with van der Waals surface area (Å²) in [6.07, 6.45) is 0. The molecule has 20 heavy (non-hydrogen) atoms. The maximum Gasteiger partial charge on any atom is 0.238 e. The van der Waals surface area contributed by atoms with Gasteiger partial charge in [0.2, 0.25) is 5.91 Å². The van der Waals surface area contributed by atoms with Crippen molar-refractivity contribution in [2.45, 2.75) is 19.5 Å². The number of carbonyl (C=O) groups is 1. The molecular weight excluding hydrogens is 261 g/mol. The topological polar surface area (TPSA) is 64.6 Å². The highest BCUT2D eigenvalue weighted by molar-refractivity contribution is 5.82. The lowest BCUT2D eigenvalue weighted by molar-refractivity contribution is -0.127. The van der Waals surface area contributed by atoms with E-state index in [9.17, 15) is 14.3 Å². The highest BCUT2D eigenvalue weighted by Crippen LogP contribution is 2.17. The van der Waals surface area contributed by atoms with Crippen molar-refractivity contribution in [2.24, 2.45) is 0 Å². The van der Waals surface area contributed by atoms with Gasteiger partial charge in [-0.15, -0.1) is 0 Å². The number of benzene rings is 1. The predicted molar refractivity (Wildman–Crippen MR) is 73.8 cm³/mol. The summed E-state index contributed by atoms with van der Waals surface area (Å²) in [6.45, 7) is 4.98. The van der Waals surface area contributed by atoms with Gasteiger partial charge in [-0.05, 0) is 24.6 Å². The average Bonchev–Trinajstić information content (AvgIpc) is 2.38. The number of nitrogens with one attached hydrogen (secondary N) is 2. The lowest BCUT2D eigenvalue weighted by Crippen LogP contribution is -2.57. The summed E-state index contributed by atoms with van der Waals surface area (Å²) in [6, 6.07) is 3.72. The molecule has 1 aliphatic heterocycles. The molecule has 2 rings (SSSR count). The number of hydrogen-bond acceptors (Lipinski definition) is 4. The van der Waals surface area contributed by atoms with Crippen LogP contribution in [0.4, 0.5) is 4.39 Å². The van der Waals surface area contributed by atoms with Gasteiger partial charge in [-0.3, -0.25) is 9.69 Å². The Morgan fingerprint density at radius 3 is 3.05 bits per heavy atom. The second-order valence-electron chi connectivity index (χ2n) is 4.90. The van der Waals surface area contributed by atoms with Gasteiger partial charge in [0, 0.05) is 38.8 Å². The molecule has 3 N–H and O–H groups in total. The predicted octanol–water partition coefficient (Wildman–Crippen LogP) is 0.441. The summed E-state index contributed by atoms with van der Waals surface area (Å²) in [4.78, 5) is 14.0. The van der Waals surface area contributed by atoms with E-state index < -0.39 is 5.82 Å².